The van der Waals surface area contributed by atoms with E-state index in [9.17, 15) is 10.2 Å². The number of phenols is 2. The Morgan fingerprint density at radius 1 is 0.441 bits per heavy atom. The molecular formula is C55H72O3S. The molecule has 5 rings (SSSR count). The lowest BCUT2D eigenvalue weighted by atomic mass is 9.80. The van der Waals surface area contributed by atoms with Crippen molar-refractivity contribution in [1.29, 1.82) is 0 Å². The molecule has 3 nitrogen and oxygen atoms in total. The molecule has 0 unspecified atom stereocenters. The predicted molar refractivity (Wildman–Crippen MR) is 259 cm³/mol. The summed E-state index contributed by atoms with van der Waals surface area (Å²) in [5.74, 6) is 4.00. The lowest BCUT2D eigenvalue weighted by Gasteiger charge is -2.26. The summed E-state index contributed by atoms with van der Waals surface area (Å²) >= 11 is 1.81. The fraction of sp³-hybridized carbons (Fsp3) is 0.455. The van der Waals surface area contributed by atoms with Gasteiger partial charge in [0.15, 0.2) is 0 Å². The normalized spacial score (nSPS) is 12.0. The second kappa shape index (κ2) is 19.1. The molecule has 316 valence electrons. The molecule has 0 fully saturated rings. The first-order valence-corrected chi connectivity index (χ1v) is 23.5. The van der Waals surface area contributed by atoms with Crippen molar-refractivity contribution in [3.05, 3.63) is 111 Å². The van der Waals surface area contributed by atoms with Gasteiger partial charge in [-0.2, -0.15) is 11.8 Å². The zero-order chi connectivity index (χ0) is 43.6. The Kier molecular flexibility index (Phi) is 14.8. The maximum absolute atomic E-state index is 12.7. The summed E-state index contributed by atoms with van der Waals surface area (Å²) < 4.78 is 6.91. The lowest BCUT2D eigenvalue weighted by Crippen LogP contribution is -2.05. The van der Waals surface area contributed by atoms with Crippen LogP contribution < -0.4 is 4.74 Å². The molecule has 59 heavy (non-hydrogen) atoms. The molecule has 0 aromatic heterocycles. The summed E-state index contributed by atoms with van der Waals surface area (Å²) in [4.78, 5) is 0. The highest BCUT2D eigenvalue weighted by molar-refractivity contribution is 7.98. The van der Waals surface area contributed by atoms with E-state index in [2.05, 4.69) is 171 Å². The first-order chi connectivity index (χ1) is 27.8. The summed E-state index contributed by atoms with van der Waals surface area (Å²) in [7, 11) is 0. The average Bonchev–Trinajstić information content (AvgIpc) is 3.16. The number of rotatable bonds is 15. The Morgan fingerprint density at radius 3 is 1.03 bits per heavy atom. The third-order valence-corrected chi connectivity index (χ3v) is 12.6. The van der Waals surface area contributed by atoms with Crippen molar-refractivity contribution in [2.24, 2.45) is 0 Å². The van der Waals surface area contributed by atoms with Crippen molar-refractivity contribution in [2.75, 3.05) is 18.6 Å². The Bertz CT molecular complexity index is 2080. The average molecular weight is 813 g/mol. The molecule has 4 heteroatoms. The maximum atomic E-state index is 12.7. The largest absolute Gasteiger partial charge is 0.507 e. The number of ether oxygens (including phenoxy) is 1. The number of aromatic hydroxyl groups is 2. The van der Waals surface area contributed by atoms with Crippen LogP contribution in [0.15, 0.2) is 60.7 Å². The van der Waals surface area contributed by atoms with E-state index in [0.29, 0.717) is 24.2 Å². The van der Waals surface area contributed by atoms with Crippen molar-refractivity contribution < 1.29 is 14.9 Å². The van der Waals surface area contributed by atoms with Gasteiger partial charge in [0.1, 0.15) is 17.2 Å². The highest BCUT2D eigenvalue weighted by Crippen LogP contribution is 2.52. The molecule has 0 atom stereocenters. The lowest BCUT2D eigenvalue weighted by molar-refractivity contribution is 0.321. The second-order valence-corrected chi connectivity index (χ2v) is 19.9. The van der Waals surface area contributed by atoms with Crippen molar-refractivity contribution in [3.63, 3.8) is 0 Å². The zero-order valence-corrected chi connectivity index (χ0v) is 39.9. The molecule has 2 N–H and O–H groups in total. The minimum atomic E-state index is 0.254. The standard InChI is InChI=1S/C55H72O3S/c1-30(2)39-26-41(32(5)6)51(42(27-39)33(7)8)49-24-36(13)20-45(53(49)56)47-22-38(15)23-48(55(47)58-18-17-19-59-16)46-21-37(14)25-50(54(46)57)52-43(34(9)10)28-40(31(3)4)29-44(52)35(11)12/h20-35,56-57H,17-19H2,1-16H3. The van der Waals surface area contributed by atoms with Crippen LogP contribution >= 0.6 is 11.8 Å². The van der Waals surface area contributed by atoms with Gasteiger partial charge in [0, 0.05) is 33.4 Å². The first-order valence-electron chi connectivity index (χ1n) is 22.1. The van der Waals surface area contributed by atoms with Crippen molar-refractivity contribution in [1.82, 2.24) is 0 Å². The quantitative estimate of drug-likeness (QED) is 0.103. The van der Waals surface area contributed by atoms with Gasteiger partial charge in [0.2, 0.25) is 0 Å². The van der Waals surface area contributed by atoms with Crippen molar-refractivity contribution in [3.8, 4) is 61.8 Å². The van der Waals surface area contributed by atoms with Crippen LogP contribution in [-0.2, 0) is 0 Å². The maximum Gasteiger partial charge on any atom is 0.135 e. The van der Waals surface area contributed by atoms with Gasteiger partial charge in [-0.05, 0) is 172 Å². The van der Waals surface area contributed by atoms with Crippen LogP contribution in [-0.4, -0.2) is 28.8 Å². The number of thioether (sulfide) groups is 1. The summed E-state index contributed by atoms with van der Waals surface area (Å²) in [6.07, 6.45) is 3.00. The molecule has 0 aliphatic carbocycles. The summed E-state index contributed by atoms with van der Waals surface area (Å²) in [5.41, 5.74) is 17.9. The zero-order valence-electron chi connectivity index (χ0n) is 39.1. The van der Waals surface area contributed by atoms with Crippen LogP contribution in [0.4, 0.5) is 0 Å². The minimum absolute atomic E-state index is 0.254. The van der Waals surface area contributed by atoms with E-state index < -0.39 is 0 Å². The molecule has 5 aromatic rings. The molecule has 0 heterocycles. The number of hydrogen-bond acceptors (Lipinski definition) is 4. The Balaban J connectivity index is 1.87. The molecule has 0 saturated carbocycles. The van der Waals surface area contributed by atoms with Gasteiger partial charge >= 0.3 is 0 Å². The van der Waals surface area contributed by atoms with E-state index in [0.717, 1.165) is 73.4 Å². The molecule has 0 radical (unpaired) electrons. The van der Waals surface area contributed by atoms with E-state index in [1.54, 1.807) is 0 Å². The molecule has 0 spiro atoms. The minimum Gasteiger partial charge on any atom is -0.507 e. The van der Waals surface area contributed by atoms with Crippen LogP contribution in [0, 0.1) is 20.8 Å². The topological polar surface area (TPSA) is 49.7 Å². The van der Waals surface area contributed by atoms with Gasteiger partial charge in [-0.25, -0.2) is 0 Å². The van der Waals surface area contributed by atoms with Crippen LogP contribution in [0.3, 0.4) is 0 Å². The van der Waals surface area contributed by atoms with Crippen LogP contribution in [0.1, 0.15) is 175 Å². The third kappa shape index (κ3) is 9.75. The van der Waals surface area contributed by atoms with Crippen LogP contribution in [0.5, 0.6) is 17.2 Å². The highest BCUT2D eigenvalue weighted by Gasteiger charge is 2.28. The summed E-state index contributed by atoms with van der Waals surface area (Å²) in [6.45, 7) is 33.9. The Labute approximate surface area is 362 Å². The van der Waals surface area contributed by atoms with E-state index in [-0.39, 0.29) is 35.2 Å². The number of aryl methyl sites for hydroxylation is 3. The molecule has 0 bridgehead atoms. The predicted octanol–water partition coefficient (Wildman–Crippen LogP) is 16.6. The fourth-order valence-corrected chi connectivity index (χ4v) is 9.00. The van der Waals surface area contributed by atoms with Gasteiger partial charge in [0.25, 0.3) is 0 Å². The highest BCUT2D eigenvalue weighted by atomic mass is 32.2. The first kappa shape index (κ1) is 45.9. The fourth-order valence-electron chi connectivity index (χ4n) is 8.59. The number of phenolic OH excluding ortho intramolecular Hbond substituents is 2. The smallest absolute Gasteiger partial charge is 0.135 e. The molecular weight excluding hydrogens is 741 g/mol. The third-order valence-electron chi connectivity index (χ3n) is 11.9. The monoisotopic (exact) mass is 813 g/mol. The van der Waals surface area contributed by atoms with E-state index in [1.165, 1.54) is 33.4 Å². The van der Waals surface area contributed by atoms with Gasteiger partial charge in [-0.1, -0.05) is 107 Å². The molecule has 0 amide bonds. The van der Waals surface area contributed by atoms with E-state index in [1.807, 2.05) is 11.8 Å². The Morgan fingerprint density at radius 2 is 0.746 bits per heavy atom. The van der Waals surface area contributed by atoms with E-state index in [4.69, 9.17) is 4.74 Å². The summed E-state index contributed by atoms with van der Waals surface area (Å²) in [6, 6.07) is 22.2. The van der Waals surface area contributed by atoms with Gasteiger partial charge in [-0.15, -0.1) is 0 Å². The van der Waals surface area contributed by atoms with Gasteiger partial charge < -0.3 is 14.9 Å². The Hall–Kier alpha value is -4.15. The SMILES string of the molecule is CSCCCOc1c(-c2cc(C)cc(-c3c(C(C)C)cc(C(C)C)cc3C(C)C)c2O)cc(C)cc1-c1cc(C)cc(-c2c(C(C)C)cc(C(C)C)cc2C(C)C)c1O. The molecule has 0 aliphatic rings. The van der Waals surface area contributed by atoms with Crippen LogP contribution in [0.25, 0.3) is 44.5 Å². The van der Waals surface area contributed by atoms with Gasteiger partial charge in [-0.3, -0.25) is 0 Å². The number of benzene rings is 5. The molecule has 5 aromatic carbocycles. The van der Waals surface area contributed by atoms with Gasteiger partial charge in [0.05, 0.1) is 6.61 Å². The van der Waals surface area contributed by atoms with Crippen molar-refractivity contribution in [2.45, 2.75) is 146 Å². The van der Waals surface area contributed by atoms with Crippen LogP contribution in [0.2, 0.25) is 0 Å². The second-order valence-electron chi connectivity index (χ2n) is 18.9. The van der Waals surface area contributed by atoms with Crippen molar-refractivity contribution >= 4 is 11.8 Å². The summed E-state index contributed by atoms with van der Waals surface area (Å²) in [5, 5.41) is 25.4. The van der Waals surface area contributed by atoms with E-state index >= 15 is 0 Å². The molecule has 0 aliphatic heterocycles. The number of hydrogen-bond donors (Lipinski definition) is 2. The molecule has 0 saturated heterocycles.